The average molecular weight is 413 g/mol. The van der Waals surface area contributed by atoms with Gasteiger partial charge < -0.3 is 9.05 Å². The fourth-order valence-electron chi connectivity index (χ4n) is 3.50. The third-order valence-corrected chi connectivity index (χ3v) is 7.27. The molecular formula is C24H32NO3P. The second-order valence-corrected chi connectivity index (χ2v) is 9.13. The van der Waals surface area contributed by atoms with Crippen molar-refractivity contribution < 1.29 is 13.6 Å². The molecular weight excluding hydrogens is 381 g/mol. The molecule has 2 aromatic rings. The number of hydrogen-bond acceptors (Lipinski definition) is 4. The monoisotopic (exact) mass is 413 g/mol. The Hall–Kier alpha value is -1.97. The Morgan fingerprint density at radius 1 is 1.03 bits per heavy atom. The van der Waals surface area contributed by atoms with Crippen molar-refractivity contribution in [2.45, 2.75) is 32.1 Å². The zero-order valence-electron chi connectivity index (χ0n) is 17.7. The first kappa shape index (κ1) is 23.3. The SMILES string of the molecule is C=CCN(Cc1ccccc1)C(/C(=C/C)CCc1ccccc1)P(=O)(OC)OC. The average Bonchev–Trinajstić information content (AvgIpc) is 2.77. The van der Waals surface area contributed by atoms with E-state index in [9.17, 15) is 4.57 Å². The Kier molecular flexibility index (Phi) is 9.56. The van der Waals surface area contributed by atoms with Gasteiger partial charge in [-0.05, 0) is 36.5 Å². The number of benzene rings is 2. The van der Waals surface area contributed by atoms with Gasteiger partial charge in [-0.2, -0.15) is 0 Å². The maximum Gasteiger partial charge on any atom is 0.351 e. The molecule has 0 heterocycles. The number of hydrogen-bond donors (Lipinski definition) is 0. The van der Waals surface area contributed by atoms with Crippen LogP contribution in [-0.4, -0.2) is 31.4 Å². The van der Waals surface area contributed by atoms with Crippen LogP contribution >= 0.6 is 7.60 Å². The Labute approximate surface area is 175 Å². The molecule has 0 aromatic heterocycles. The van der Waals surface area contributed by atoms with Crippen LogP contribution in [-0.2, 0) is 26.6 Å². The van der Waals surface area contributed by atoms with E-state index in [4.69, 9.17) is 9.05 Å². The Bertz CT molecular complexity index is 813. The molecule has 0 fully saturated rings. The van der Waals surface area contributed by atoms with Gasteiger partial charge in [0.1, 0.15) is 5.78 Å². The molecule has 156 valence electrons. The largest absolute Gasteiger partial charge is 0.351 e. The summed E-state index contributed by atoms with van der Waals surface area (Å²) in [5, 5.41) is 0. The van der Waals surface area contributed by atoms with Crippen LogP contribution < -0.4 is 0 Å². The third-order valence-electron chi connectivity index (χ3n) is 4.99. The fourth-order valence-corrected chi connectivity index (χ4v) is 5.31. The summed E-state index contributed by atoms with van der Waals surface area (Å²) >= 11 is 0. The van der Waals surface area contributed by atoms with Gasteiger partial charge in [0.15, 0.2) is 0 Å². The second-order valence-electron chi connectivity index (χ2n) is 6.83. The molecule has 5 heteroatoms. The van der Waals surface area contributed by atoms with Gasteiger partial charge in [-0.25, -0.2) is 0 Å². The molecule has 1 atom stereocenters. The van der Waals surface area contributed by atoms with E-state index >= 15 is 0 Å². The highest BCUT2D eigenvalue weighted by Crippen LogP contribution is 2.56. The zero-order valence-corrected chi connectivity index (χ0v) is 18.6. The predicted molar refractivity (Wildman–Crippen MR) is 121 cm³/mol. The van der Waals surface area contributed by atoms with E-state index in [0.717, 1.165) is 24.0 Å². The number of rotatable bonds is 12. The van der Waals surface area contributed by atoms with E-state index < -0.39 is 13.4 Å². The molecule has 0 radical (unpaired) electrons. The van der Waals surface area contributed by atoms with Crippen molar-refractivity contribution in [1.29, 1.82) is 0 Å². The molecule has 0 saturated heterocycles. The molecule has 0 spiro atoms. The predicted octanol–water partition coefficient (Wildman–Crippen LogP) is 6.07. The molecule has 0 bridgehead atoms. The van der Waals surface area contributed by atoms with Crippen molar-refractivity contribution in [3.8, 4) is 0 Å². The van der Waals surface area contributed by atoms with E-state index in [-0.39, 0.29) is 0 Å². The molecule has 0 N–H and O–H groups in total. The van der Waals surface area contributed by atoms with E-state index in [1.807, 2.05) is 55.5 Å². The van der Waals surface area contributed by atoms with Crippen LogP contribution in [0.1, 0.15) is 24.5 Å². The molecule has 0 aliphatic heterocycles. The zero-order chi connectivity index (χ0) is 21.1. The molecule has 2 aromatic carbocycles. The molecule has 29 heavy (non-hydrogen) atoms. The van der Waals surface area contributed by atoms with Crippen LogP contribution in [0.15, 0.2) is 85.0 Å². The molecule has 0 aliphatic carbocycles. The third kappa shape index (κ3) is 6.52. The highest BCUT2D eigenvalue weighted by atomic mass is 31.2. The van der Waals surface area contributed by atoms with Gasteiger partial charge in [0.2, 0.25) is 0 Å². The van der Waals surface area contributed by atoms with E-state index in [2.05, 4.69) is 35.7 Å². The van der Waals surface area contributed by atoms with E-state index in [1.54, 1.807) is 0 Å². The summed E-state index contributed by atoms with van der Waals surface area (Å²) in [4.78, 5) is 2.12. The highest BCUT2D eigenvalue weighted by Gasteiger charge is 2.40. The Morgan fingerprint density at radius 2 is 1.59 bits per heavy atom. The normalized spacial score (nSPS) is 13.4. The van der Waals surface area contributed by atoms with Gasteiger partial charge in [-0.3, -0.25) is 9.46 Å². The van der Waals surface area contributed by atoms with Gasteiger partial charge in [0.05, 0.1) is 0 Å². The molecule has 2 rings (SSSR count). The number of allylic oxidation sites excluding steroid dienone is 1. The van der Waals surface area contributed by atoms with Crippen LogP contribution in [0, 0.1) is 0 Å². The minimum absolute atomic E-state index is 0.482. The lowest BCUT2D eigenvalue weighted by atomic mass is 10.0. The first-order valence-electron chi connectivity index (χ1n) is 9.87. The molecule has 0 saturated carbocycles. The van der Waals surface area contributed by atoms with Crippen molar-refractivity contribution in [3.63, 3.8) is 0 Å². The van der Waals surface area contributed by atoms with Crippen LogP contribution in [0.5, 0.6) is 0 Å². The molecule has 1 unspecified atom stereocenters. The summed E-state index contributed by atoms with van der Waals surface area (Å²) in [6.45, 7) is 7.08. The van der Waals surface area contributed by atoms with Crippen molar-refractivity contribution in [2.75, 3.05) is 20.8 Å². The van der Waals surface area contributed by atoms with Gasteiger partial charge in [0.25, 0.3) is 0 Å². The first-order valence-corrected chi connectivity index (χ1v) is 11.5. The fraction of sp³-hybridized carbons (Fsp3) is 0.333. The van der Waals surface area contributed by atoms with Crippen molar-refractivity contribution in [2.24, 2.45) is 0 Å². The van der Waals surface area contributed by atoms with E-state index in [1.165, 1.54) is 19.8 Å². The van der Waals surface area contributed by atoms with Crippen molar-refractivity contribution in [3.05, 3.63) is 96.1 Å². The minimum atomic E-state index is -3.40. The summed E-state index contributed by atoms with van der Waals surface area (Å²) < 4.78 is 24.5. The summed E-state index contributed by atoms with van der Waals surface area (Å²) in [5.74, 6) is -0.482. The summed E-state index contributed by atoms with van der Waals surface area (Å²) in [6.07, 6.45) is 5.50. The Morgan fingerprint density at radius 3 is 2.07 bits per heavy atom. The van der Waals surface area contributed by atoms with Crippen LogP contribution in [0.25, 0.3) is 0 Å². The van der Waals surface area contributed by atoms with E-state index in [0.29, 0.717) is 13.1 Å². The minimum Gasteiger partial charge on any atom is -0.311 e. The van der Waals surface area contributed by atoms with Crippen LogP contribution in [0.3, 0.4) is 0 Å². The van der Waals surface area contributed by atoms with Gasteiger partial charge in [0, 0.05) is 27.3 Å². The van der Waals surface area contributed by atoms with Crippen LogP contribution in [0.4, 0.5) is 0 Å². The summed E-state index contributed by atoms with van der Waals surface area (Å²) in [7, 11) is -0.489. The standard InChI is InChI=1S/C24H32NO3P/c1-5-19-25(20-22-15-11-8-12-16-22)24(29(26,27-3)28-4)23(6-2)18-17-21-13-9-7-10-14-21/h5-16,24H,1,17-20H2,2-4H3/b23-6+. The number of nitrogens with zero attached hydrogens (tertiary/aromatic N) is 1. The van der Waals surface area contributed by atoms with Gasteiger partial charge in [-0.15, -0.1) is 6.58 Å². The van der Waals surface area contributed by atoms with Crippen molar-refractivity contribution in [1.82, 2.24) is 4.90 Å². The Balaban J connectivity index is 2.36. The van der Waals surface area contributed by atoms with Crippen molar-refractivity contribution >= 4 is 7.60 Å². The highest BCUT2D eigenvalue weighted by molar-refractivity contribution is 7.54. The summed E-state index contributed by atoms with van der Waals surface area (Å²) in [5.41, 5.74) is 3.42. The molecule has 0 aliphatic rings. The quantitative estimate of drug-likeness (QED) is 0.313. The topological polar surface area (TPSA) is 38.8 Å². The maximum absolute atomic E-state index is 13.6. The van der Waals surface area contributed by atoms with Gasteiger partial charge in [-0.1, -0.05) is 72.8 Å². The first-order chi connectivity index (χ1) is 14.1. The smallest absolute Gasteiger partial charge is 0.311 e. The number of aryl methyl sites for hydroxylation is 1. The lowest BCUT2D eigenvalue weighted by molar-refractivity contribution is 0.207. The second kappa shape index (κ2) is 11.9. The van der Waals surface area contributed by atoms with Crippen LogP contribution in [0.2, 0.25) is 0 Å². The molecule has 0 amide bonds. The summed E-state index contributed by atoms with van der Waals surface area (Å²) in [6, 6.07) is 20.5. The maximum atomic E-state index is 13.6. The molecule has 4 nitrogen and oxygen atoms in total. The van der Waals surface area contributed by atoms with Gasteiger partial charge >= 0.3 is 7.60 Å². The lowest BCUT2D eigenvalue weighted by Crippen LogP contribution is -2.37. The lowest BCUT2D eigenvalue weighted by Gasteiger charge is -2.36.